The third kappa shape index (κ3) is 4.39. The van der Waals surface area contributed by atoms with Gasteiger partial charge in [0.1, 0.15) is 0 Å². The molecule has 4 rings (SSSR count). The lowest BCUT2D eigenvalue weighted by atomic mass is 10.2. The normalized spacial score (nSPS) is 19.0. The van der Waals surface area contributed by atoms with Crippen LogP contribution in [0.15, 0.2) is 28.7 Å². The fourth-order valence-corrected chi connectivity index (χ4v) is 3.72. The highest BCUT2D eigenvalue weighted by Gasteiger charge is 2.34. The first kappa shape index (κ1) is 18.6. The third-order valence-corrected chi connectivity index (χ3v) is 5.50. The topological polar surface area (TPSA) is 72.3 Å². The molecule has 7 nitrogen and oxygen atoms in total. The van der Waals surface area contributed by atoms with Gasteiger partial charge >= 0.3 is 0 Å². The van der Waals surface area contributed by atoms with Crippen molar-refractivity contribution in [2.24, 2.45) is 0 Å². The number of amides is 1. The summed E-state index contributed by atoms with van der Waals surface area (Å²) in [5.41, 5.74) is 2.30. The van der Waals surface area contributed by atoms with Crippen molar-refractivity contribution in [3.8, 4) is 5.69 Å². The van der Waals surface area contributed by atoms with Gasteiger partial charge in [0.05, 0.1) is 24.6 Å². The predicted molar refractivity (Wildman–Crippen MR) is 105 cm³/mol. The average Bonchev–Trinajstić information content (AvgIpc) is 3.41. The second-order valence-corrected chi connectivity index (χ2v) is 8.19. The van der Waals surface area contributed by atoms with Crippen LogP contribution < -0.4 is 5.32 Å². The molecule has 1 atom stereocenters. The van der Waals surface area contributed by atoms with Crippen molar-refractivity contribution in [1.82, 2.24) is 25.2 Å². The molecule has 1 unspecified atom stereocenters. The van der Waals surface area contributed by atoms with Crippen LogP contribution in [0.1, 0.15) is 41.9 Å². The maximum Gasteiger partial charge on any atom is 0.274 e. The molecule has 2 heterocycles. The van der Waals surface area contributed by atoms with Gasteiger partial charge in [-0.05, 0) is 44.0 Å². The molecule has 2 fully saturated rings. The summed E-state index contributed by atoms with van der Waals surface area (Å²) in [7, 11) is 0. The summed E-state index contributed by atoms with van der Waals surface area (Å²) in [6.45, 7) is 6.18. The fraction of sp³-hybridized carbons (Fsp3) is 0.526. The zero-order valence-corrected chi connectivity index (χ0v) is 17.0. The number of aromatic nitrogens is 3. The van der Waals surface area contributed by atoms with Gasteiger partial charge in [-0.15, -0.1) is 5.10 Å². The van der Waals surface area contributed by atoms with Crippen LogP contribution in [0.2, 0.25) is 0 Å². The highest BCUT2D eigenvalue weighted by atomic mass is 79.9. The Hall–Kier alpha value is -1.77. The molecule has 144 valence electrons. The van der Waals surface area contributed by atoms with Gasteiger partial charge in [0, 0.05) is 36.1 Å². The van der Waals surface area contributed by atoms with E-state index in [1.54, 1.807) is 0 Å². The number of benzene rings is 1. The largest absolute Gasteiger partial charge is 0.379 e. The number of nitrogens with zero attached hydrogens (tertiary/aromatic N) is 4. The number of ether oxygens (including phenoxy) is 1. The number of halogens is 1. The summed E-state index contributed by atoms with van der Waals surface area (Å²) in [5, 5.41) is 11.6. The lowest BCUT2D eigenvalue weighted by molar-refractivity contribution is 0.0342. The molecular formula is C19H24BrN5O2. The molecule has 1 saturated heterocycles. The lowest BCUT2D eigenvalue weighted by Gasteiger charge is -2.29. The molecule has 1 saturated carbocycles. The highest BCUT2D eigenvalue weighted by Crippen LogP contribution is 2.42. The van der Waals surface area contributed by atoms with Gasteiger partial charge in [-0.1, -0.05) is 21.1 Å². The van der Waals surface area contributed by atoms with Crippen LogP contribution in [0.4, 0.5) is 0 Å². The summed E-state index contributed by atoms with van der Waals surface area (Å²) < 4.78 is 8.20. The third-order valence-electron chi connectivity index (χ3n) is 4.97. The summed E-state index contributed by atoms with van der Waals surface area (Å²) in [4.78, 5) is 15.2. The molecule has 0 bridgehead atoms. The molecule has 1 aliphatic heterocycles. The first-order valence-corrected chi connectivity index (χ1v) is 10.2. The number of hydrogen-bond acceptors (Lipinski definition) is 5. The Bertz CT molecular complexity index is 797. The van der Waals surface area contributed by atoms with Crippen LogP contribution >= 0.6 is 15.9 Å². The van der Waals surface area contributed by atoms with Crippen molar-refractivity contribution in [2.75, 3.05) is 32.8 Å². The molecule has 1 aromatic carbocycles. The van der Waals surface area contributed by atoms with Crippen LogP contribution in [-0.4, -0.2) is 64.7 Å². The Labute approximate surface area is 167 Å². The summed E-state index contributed by atoms with van der Waals surface area (Å²) in [6, 6.07) is 7.94. The van der Waals surface area contributed by atoms with Gasteiger partial charge in [-0.25, -0.2) is 4.68 Å². The van der Waals surface area contributed by atoms with E-state index in [1.165, 1.54) is 0 Å². The fourth-order valence-electron chi connectivity index (χ4n) is 3.46. The highest BCUT2D eigenvalue weighted by molar-refractivity contribution is 9.10. The molecule has 2 aromatic rings. The molecule has 8 heteroatoms. The number of nitrogens with one attached hydrogen (secondary N) is 1. The van der Waals surface area contributed by atoms with E-state index in [0.717, 1.165) is 61.5 Å². The molecule has 1 amide bonds. The molecule has 1 N–H and O–H groups in total. The van der Waals surface area contributed by atoms with Gasteiger partial charge in [-0.2, -0.15) is 0 Å². The number of carbonyl (C=O) groups excluding carboxylic acids is 1. The Morgan fingerprint density at radius 3 is 2.67 bits per heavy atom. The number of carbonyl (C=O) groups is 1. The van der Waals surface area contributed by atoms with Crippen LogP contribution in [-0.2, 0) is 4.74 Å². The van der Waals surface area contributed by atoms with Crippen LogP contribution in [0.3, 0.4) is 0 Å². The minimum Gasteiger partial charge on any atom is -0.379 e. The van der Waals surface area contributed by atoms with Crippen molar-refractivity contribution in [2.45, 2.75) is 31.7 Å². The standard InChI is InChI=1S/C19H24BrN5O2/c1-13(12-24-8-10-27-11-9-24)21-19(26)17-18(14-2-3-14)25(23-22-17)16-6-4-15(20)5-7-16/h4-7,13-14H,2-3,8-12H2,1H3,(H,21,26). The van der Waals surface area contributed by atoms with Gasteiger partial charge in [0.2, 0.25) is 0 Å². The van der Waals surface area contributed by atoms with E-state index in [9.17, 15) is 4.79 Å². The van der Waals surface area contributed by atoms with E-state index in [4.69, 9.17) is 4.74 Å². The van der Waals surface area contributed by atoms with E-state index in [-0.39, 0.29) is 11.9 Å². The van der Waals surface area contributed by atoms with Gasteiger partial charge < -0.3 is 10.1 Å². The summed E-state index contributed by atoms with van der Waals surface area (Å²) in [6.07, 6.45) is 2.15. The van der Waals surface area contributed by atoms with E-state index in [2.05, 4.69) is 36.5 Å². The van der Waals surface area contributed by atoms with Gasteiger partial charge in [0.15, 0.2) is 5.69 Å². The second-order valence-electron chi connectivity index (χ2n) is 7.27. The molecule has 0 spiro atoms. The maximum atomic E-state index is 12.9. The molecule has 1 aromatic heterocycles. The van der Waals surface area contributed by atoms with E-state index < -0.39 is 0 Å². The SMILES string of the molecule is CC(CN1CCOCC1)NC(=O)c1nnn(-c2ccc(Br)cc2)c1C1CC1. The maximum absolute atomic E-state index is 12.9. The first-order chi connectivity index (χ1) is 13.1. The zero-order valence-electron chi connectivity index (χ0n) is 15.4. The summed E-state index contributed by atoms with van der Waals surface area (Å²) in [5.74, 6) is 0.222. The number of morpholine rings is 1. The van der Waals surface area contributed by atoms with Crippen molar-refractivity contribution in [3.63, 3.8) is 0 Å². The Balaban J connectivity index is 1.49. The average molecular weight is 434 g/mol. The van der Waals surface area contributed by atoms with Crippen molar-refractivity contribution in [1.29, 1.82) is 0 Å². The molecule has 2 aliphatic rings. The first-order valence-electron chi connectivity index (χ1n) is 9.44. The molecule has 0 radical (unpaired) electrons. The van der Waals surface area contributed by atoms with Crippen molar-refractivity contribution >= 4 is 21.8 Å². The second kappa shape index (κ2) is 8.08. The predicted octanol–water partition coefficient (Wildman–Crippen LogP) is 2.36. The number of rotatable bonds is 6. The Morgan fingerprint density at radius 1 is 1.30 bits per heavy atom. The Morgan fingerprint density at radius 2 is 2.00 bits per heavy atom. The minimum atomic E-state index is -0.138. The molecular weight excluding hydrogens is 410 g/mol. The molecule has 27 heavy (non-hydrogen) atoms. The van der Waals surface area contributed by atoms with Crippen LogP contribution in [0, 0.1) is 0 Å². The van der Waals surface area contributed by atoms with Gasteiger partial charge in [-0.3, -0.25) is 9.69 Å². The minimum absolute atomic E-state index is 0.0421. The van der Waals surface area contributed by atoms with Crippen LogP contribution in [0.25, 0.3) is 5.69 Å². The Kier molecular flexibility index (Phi) is 5.56. The molecule has 1 aliphatic carbocycles. The van der Waals surface area contributed by atoms with E-state index in [1.807, 2.05) is 35.9 Å². The smallest absolute Gasteiger partial charge is 0.274 e. The van der Waals surface area contributed by atoms with E-state index in [0.29, 0.717) is 11.6 Å². The number of hydrogen-bond donors (Lipinski definition) is 1. The van der Waals surface area contributed by atoms with Crippen molar-refractivity contribution < 1.29 is 9.53 Å². The monoisotopic (exact) mass is 433 g/mol. The van der Waals surface area contributed by atoms with E-state index >= 15 is 0 Å². The van der Waals surface area contributed by atoms with Crippen molar-refractivity contribution in [3.05, 3.63) is 40.1 Å². The van der Waals surface area contributed by atoms with Crippen LogP contribution in [0.5, 0.6) is 0 Å². The lowest BCUT2D eigenvalue weighted by Crippen LogP contribution is -2.46. The zero-order chi connectivity index (χ0) is 18.8. The summed E-state index contributed by atoms with van der Waals surface area (Å²) >= 11 is 3.45. The van der Waals surface area contributed by atoms with Gasteiger partial charge in [0.25, 0.3) is 5.91 Å². The quantitative estimate of drug-likeness (QED) is 0.756.